The molecular formula is C38H44FN7O3. The van der Waals surface area contributed by atoms with Gasteiger partial charge in [0.1, 0.15) is 11.5 Å². The zero-order valence-corrected chi connectivity index (χ0v) is 28.9. The minimum Gasteiger partial charge on any atom is -0.308 e. The van der Waals surface area contributed by atoms with E-state index >= 15 is 0 Å². The van der Waals surface area contributed by atoms with Gasteiger partial charge in [0.05, 0.1) is 17.3 Å². The Kier molecular flexibility index (Phi) is 10.0. The normalized spacial score (nSPS) is 16.6. The third-order valence-corrected chi connectivity index (χ3v) is 9.72. The molecule has 49 heavy (non-hydrogen) atoms. The van der Waals surface area contributed by atoms with Crippen molar-refractivity contribution < 1.29 is 9.18 Å². The maximum absolute atomic E-state index is 14.5. The Bertz CT molecular complexity index is 2070. The maximum Gasteiger partial charge on any atom is 0.337 e. The summed E-state index contributed by atoms with van der Waals surface area (Å²) in [5, 5.41) is 4.38. The quantitative estimate of drug-likeness (QED) is 0.175. The number of carbonyl (C=O) groups is 1. The molecule has 11 heteroatoms. The van der Waals surface area contributed by atoms with E-state index in [2.05, 4.69) is 65.3 Å². The van der Waals surface area contributed by atoms with Crippen LogP contribution in [0, 0.1) is 18.7 Å². The van der Waals surface area contributed by atoms with Crippen LogP contribution in [0.25, 0.3) is 27.8 Å². The Hall–Kier alpha value is -4.74. The minimum absolute atomic E-state index is 0.000732. The third kappa shape index (κ3) is 7.47. The Morgan fingerprint density at radius 1 is 0.939 bits per heavy atom. The van der Waals surface area contributed by atoms with E-state index < -0.39 is 17.1 Å². The first-order valence-electron chi connectivity index (χ1n) is 16.9. The SMILES string of the molecule is Cc1cc(C(=O)CC2CCC(n3c(=O)c4cc(F)cnc4n(-c4cccc(-c5ccc(CN(C)CCN(C)C)cc5)c4)c3=O)CC2)nn1C. The Balaban J connectivity index is 1.27. The molecule has 0 radical (unpaired) electrons. The van der Waals surface area contributed by atoms with Crippen molar-refractivity contribution in [1.82, 2.24) is 33.7 Å². The molecule has 2 aromatic carbocycles. The van der Waals surface area contributed by atoms with Crippen LogP contribution in [0.3, 0.4) is 0 Å². The zero-order valence-electron chi connectivity index (χ0n) is 28.9. The fraction of sp³-hybridized carbons (Fsp3) is 0.395. The molecule has 3 aromatic heterocycles. The van der Waals surface area contributed by atoms with E-state index in [1.165, 1.54) is 14.7 Å². The summed E-state index contributed by atoms with van der Waals surface area (Å²) in [6.07, 6.45) is 3.88. The van der Waals surface area contributed by atoms with Gasteiger partial charge in [-0.15, -0.1) is 0 Å². The molecular weight excluding hydrogens is 621 g/mol. The summed E-state index contributed by atoms with van der Waals surface area (Å²) in [7, 11) is 8.06. The minimum atomic E-state index is -0.644. The van der Waals surface area contributed by atoms with Crippen molar-refractivity contribution in [2.24, 2.45) is 13.0 Å². The van der Waals surface area contributed by atoms with Crippen molar-refractivity contribution in [2.75, 3.05) is 34.2 Å². The predicted octanol–water partition coefficient (Wildman–Crippen LogP) is 5.39. The second kappa shape index (κ2) is 14.4. The molecule has 1 saturated carbocycles. The first-order chi connectivity index (χ1) is 23.5. The lowest BCUT2D eigenvalue weighted by atomic mass is 9.82. The number of pyridine rings is 1. The van der Waals surface area contributed by atoms with E-state index in [0.717, 1.165) is 48.7 Å². The third-order valence-electron chi connectivity index (χ3n) is 9.72. The van der Waals surface area contributed by atoms with Crippen molar-refractivity contribution in [3.05, 3.63) is 110 Å². The summed E-state index contributed by atoms with van der Waals surface area (Å²) in [6, 6.07) is 18.5. The van der Waals surface area contributed by atoms with Crippen LogP contribution >= 0.6 is 0 Å². The average Bonchev–Trinajstić information content (AvgIpc) is 3.43. The number of aromatic nitrogens is 5. The van der Waals surface area contributed by atoms with Gasteiger partial charge in [-0.3, -0.25) is 18.8 Å². The van der Waals surface area contributed by atoms with Crippen molar-refractivity contribution in [1.29, 1.82) is 0 Å². The van der Waals surface area contributed by atoms with E-state index in [4.69, 9.17) is 0 Å². The highest BCUT2D eigenvalue weighted by molar-refractivity contribution is 5.94. The fourth-order valence-corrected chi connectivity index (χ4v) is 6.80. The molecule has 6 rings (SSSR count). The van der Waals surface area contributed by atoms with E-state index in [0.29, 0.717) is 43.5 Å². The Morgan fingerprint density at radius 2 is 1.67 bits per heavy atom. The molecule has 0 aliphatic heterocycles. The van der Waals surface area contributed by atoms with Gasteiger partial charge in [0, 0.05) is 44.8 Å². The van der Waals surface area contributed by atoms with Crippen LogP contribution in [0.5, 0.6) is 0 Å². The Labute approximate surface area is 285 Å². The fourth-order valence-electron chi connectivity index (χ4n) is 6.80. The van der Waals surface area contributed by atoms with Crippen LogP contribution in [0.1, 0.15) is 59.9 Å². The number of hydrogen-bond acceptors (Lipinski definition) is 7. The highest BCUT2D eigenvalue weighted by Crippen LogP contribution is 2.34. The van der Waals surface area contributed by atoms with Gasteiger partial charge in [-0.05, 0) is 101 Å². The van der Waals surface area contributed by atoms with Crippen molar-refractivity contribution in [3.8, 4) is 16.8 Å². The summed E-state index contributed by atoms with van der Waals surface area (Å²) in [5.74, 6) is -0.514. The standard InChI is InChI=1S/C38H44FN7O3/c1-25-19-34(41-44(25)5)35(47)20-26-11-15-31(16-12-26)46-37(48)33-22-30(39)23-40-36(33)45(38(46)49)32-8-6-7-29(21-32)28-13-9-27(10-14-28)24-43(4)18-17-42(2)3/h6-10,13-14,19,21-23,26,31H,11-12,15-18,20,24H2,1-5H3. The van der Waals surface area contributed by atoms with E-state index in [9.17, 15) is 18.8 Å². The van der Waals surface area contributed by atoms with Gasteiger partial charge >= 0.3 is 5.69 Å². The summed E-state index contributed by atoms with van der Waals surface area (Å²) < 4.78 is 18.9. The van der Waals surface area contributed by atoms with Crippen molar-refractivity contribution in [2.45, 2.75) is 51.6 Å². The second-order valence-electron chi connectivity index (χ2n) is 13.7. The van der Waals surface area contributed by atoms with Gasteiger partial charge in [0.2, 0.25) is 0 Å². The number of Topliss-reactive ketones (excluding diaryl/α,β-unsaturated/α-hetero) is 1. The van der Waals surface area contributed by atoms with Crippen LogP contribution in [0.4, 0.5) is 4.39 Å². The van der Waals surface area contributed by atoms with E-state index in [1.54, 1.807) is 16.8 Å². The van der Waals surface area contributed by atoms with Crippen LogP contribution in [0.15, 0.2) is 76.4 Å². The first-order valence-corrected chi connectivity index (χ1v) is 16.9. The van der Waals surface area contributed by atoms with Crippen molar-refractivity contribution in [3.63, 3.8) is 0 Å². The monoisotopic (exact) mass is 665 g/mol. The highest BCUT2D eigenvalue weighted by Gasteiger charge is 2.29. The molecule has 0 N–H and O–H groups in total. The topological polar surface area (TPSA) is 98.3 Å². The molecule has 0 amide bonds. The first kappa shape index (κ1) is 34.1. The Morgan fingerprint density at radius 3 is 2.35 bits per heavy atom. The summed E-state index contributed by atoms with van der Waals surface area (Å²) in [4.78, 5) is 49.7. The lowest BCUT2D eigenvalue weighted by molar-refractivity contribution is 0.0937. The van der Waals surface area contributed by atoms with Crippen molar-refractivity contribution >= 4 is 16.8 Å². The molecule has 5 aromatic rings. The maximum atomic E-state index is 14.5. The summed E-state index contributed by atoms with van der Waals surface area (Å²) >= 11 is 0. The van der Waals surface area contributed by atoms with Gasteiger partial charge in [0.25, 0.3) is 5.56 Å². The second-order valence-corrected chi connectivity index (χ2v) is 13.7. The lowest BCUT2D eigenvalue weighted by Crippen LogP contribution is -2.43. The lowest BCUT2D eigenvalue weighted by Gasteiger charge is -2.29. The summed E-state index contributed by atoms with van der Waals surface area (Å²) in [6.45, 7) is 4.69. The number of benzene rings is 2. The molecule has 1 aliphatic rings. The number of ketones is 1. The number of nitrogens with zero attached hydrogens (tertiary/aromatic N) is 7. The average molecular weight is 666 g/mol. The van der Waals surface area contributed by atoms with Gasteiger partial charge < -0.3 is 9.80 Å². The molecule has 256 valence electrons. The van der Waals surface area contributed by atoms with Gasteiger partial charge in [-0.1, -0.05) is 36.4 Å². The smallest absolute Gasteiger partial charge is 0.308 e. The number of carbonyl (C=O) groups excluding carboxylic acids is 1. The number of hydrogen-bond donors (Lipinski definition) is 0. The van der Waals surface area contributed by atoms with Gasteiger partial charge in [0.15, 0.2) is 11.4 Å². The zero-order chi connectivity index (χ0) is 34.8. The molecule has 0 spiro atoms. The number of fused-ring (bicyclic) bond motifs is 1. The molecule has 0 saturated heterocycles. The summed E-state index contributed by atoms with van der Waals surface area (Å²) in [5.41, 5.74) is 4.08. The van der Waals surface area contributed by atoms with Gasteiger partial charge in [-0.2, -0.15) is 5.10 Å². The molecule has 0 atom stereocenters. The molecule has 0 bridgehead atoms. The number of rotatable bonds is 11. The van der Waals surface area contributed by atoms with E-state index in [-0.39, 0.29) is 28.8 Å². The van der Waals surface area contributed by atoms with Crippen LogP contribution in [-0.4, -0.2) is 73.7 Å². The highest BCUT2D eigenvalue weighted by atomic mass is 19.1. The van der Waals surface area contributed by atoms with Gasteiger partial charge in [-0.25, -0.2) is 18.7 Å². The number of halogens is 1. The largest absolute Gasteiger partial charge is 0.337 e. The van der Waals surface area contributed by atoms with E-state index in [1.807, 2.05) is 32.2 Å². The van der Waals surface area contributed by atoms with Crippen LogP contribution in [0.2, 0.25) is 0 Å². The predicted molar refractivity (Wildman–Crippen MR) is 190 cm³/mol. The number of aryl methyl sites for hydroxylation is 2. The molecule has 3 heterocycles. The molecule has 1 aliphatic carbocycles. The molecule has 1 fully saturated rings. The number of likely N-dealkylation sites (N-methyl/N-ethyl adjacent to an activating group) is 2. The van der Waals surface area contributed by atoms with Crippen LogP contribution in [-0.2, 0) is 13.6 Å². The van der Waals surface area contributed by atoms with Crippen LogP contribution < -0.4 is 11.2 Å². The molecule has 10 nitrogen and oxygen atoms in total. The molecule has 0 unspecified atom stereocenters.